The third-order valence-corrected chi connectivity index (χ3v) is 23.2. The second kappa shape index (κ2) is 17.2. The Kier molecular flexibility index (Phi) is 11.0. The fraction of sp³-hybridized carbons (Fsp3) is 0.392. The lowest BCUT2D eigenvalue weighted by atomic mass is 9.33. The zero-order chi connectivity index (χ0) is 57.9. The second-order valence-corrected chi connectivity index (χ2v) is 31.2. The van der Waals surface area contributed by atoms with Crippen molar-refractivity contribution in [2.75, 3.05) is 14.7 Å². The van der Waals surface area contributed by atoms with Crippen LogP contribution in [-0.2, 0) is 32.5 Å². The lowest BCUT2D eigenvalue weighted by Gasteiger charge is -2.54. The van der Waals surface area contributed by atoms with Crippen molar-refractivity contribution in [2.45, 2.75) is 199 Å². The SMILES string of the molecule is CC(C)(C)c1ccc(N2c3cc(N4c5ccc(-c6ccccc6)cc5C5(C)CCCCC45C)cc4c3B(c3ccc5c(c32)C(C)(C)c2ccc(C(C)(C)C)cc2-5)c2cc(C(C)(C)C)cc3c2N4C2(C)CCCCC32C)c(-c2ccccc2)c1. The van der Waals surface area contributed by atoms with Crippen molar-refractivity contribution in [3.05, 3.63) is 191 Å². The van der Waals surface area contributed by atoms with Gasteiger partial charge >= 0.3 is 0 Å². The summed E-state index contributed by atoms with van der Waals surface area (Å²) in [6.07, 6.45) is 9.58. The minimum atomic E-state index is -0.311. The third kappa shape index (κ3) is 7.05. The molecule has 0 spiro atoms. The fourth-order valence-electron chi connectivity index (χ4n) is 18.0. The number of hydrogen-bond acceptors (Lipinski definition) is 3. The maximum Gasteiger partial charge on any atom is 0.252 e. The molecule has 0 saturated heterocycles. The zero-order valence-corrected chi connectivity index (χ0v) is 52.5. The second-order valence-electron chi connectivity index (χ2n) is 31.2. The van der Waals surface area contributed by atoms with E-state index in [1.165, 1.54) is 161 Å². The Morgan fingerprint density at radius 2 is 0.952 bits per heavy atom. The maximum absolute atomic E-state index is 2.99. The van der Waals surface area contributed by atoms with Crippen molar-refractivity contribution >= 4 is 62.9 Å². The van der Waals surface area contributed by atoms with Gasteiger partial charge in [0.05, 0.1) is 16.8 Å². The van der Waals surface area contributed by atoms with Crippen LogP contribution in [0.25, 0.3) is 33.4 Å². The third-order valence-electron chi connectivity index (χ3n) is 23.2. The van der Waals surface area contributed by atoms with Crippen molar-refractivity contribution < 1.29 is 0 Å². The quantitative estimate of drug-likeness (QED) is 0.163. The summed E-state index contributed by atoms with van der Waals surface area (Å²) < 4.78 is 0. The van der Waals surface area contributed by atoms with E-state index in [1.807, 2.05) is 0 Å². The topological polar surface area (TPSA) is 9.72 Å². The van der Waals surface area contributed by atoms with Gasteiger partial charge in [0, 0.05) is 55.9 Å². The first-order chi connectivity index (χ1) is 39.3. The fourth-order valence-corrected chi connectivity index (χ4v) is 18.0. The predicted molar refractivity (Wildman–Crippen MR) is 356 cm³/mol. The Morgan fingerprint density at radius 3 is 1.60 bits per heavy atom. The van der Waals surface area contributed by atoms with Crippen molar-refractivity contribution in [1.29, 1.82) is 0 Å². The highest BCUT2D eigenvalue weighted by atomic mass is 15.3. The van der Waals surface area contributed by atoms with Crippen LogP contribution in [0, 0.1) is 0 Å². The Bertz CT molecular complexity index is 4050. The molecule has 0 bridgehead atoms. The van der Waals surface area contributed by atoms with Gasteiger partial charge in [-0.1, -0.05) is 231 Å². The van der Waals surface area contributed by atoms with Crippen LogP contribution >= 0.6 is 0 Å². The summed E-state index contributed by atoms with van der Waals surface area (Å²) in [4.78, 5) is 8.75. The van der Waals surface area contributed by atoms with Crippen LogP contribution in [-0.4, -0.2) is 17.8 Å². The van der Waals surface area contributed by atoms with E-state index in [-0.39, 0.29) is 50.3 Å². The van der Waals surface area contributed by atoms with Crippen LogP contribution in [0.2, 0.25) is 0 Å². The molecule has 8 aromatic rings. The monoisotopic (exact) mass is 1090 g/mol. The molecule has 4 heteroatoms. The van der Waals surface area contributed by atoms with E-state index >= 15 is 0 Å². The molecule has 4 unspecified atom stereocenters. The molecular weight excluding hydrogens is 1000 g/mol. The summed E-state index contributed by atoms with van der Waals surface area (Å²) in [5, 5.41) is 0. The van der Waals surface area contributed by atoms with Crippen molar-refractivity contribution in [3.63, 3.8) is 0 Å². The standard InChI is InChI=1S/C79H86BN3/c1-72(2,3)52-31-34-59-58(44-52)56-33-35-62-71(68(56)75(59,10)11)81(64-37-32-53(73(4,5)6)43-57(64)50-28-20-17-21-29-50)66-47-55(82-65-36-30-51(49-26-18-16-19-27-49)42-60(65)76(12)38-22-24-40-78(76,82)14)48-67-69(66)80(62)63-46-54(74(7,8)9)45-61-70(63)83(67)79(15)41-25-23-39-77(61,79)13/h16-21,26-37,42-48H,22-25,38-41H2,1-15H3. The molecule has 4 atom stereocenters. The van der Waals surface area contributed by atoms with Gasteiger partial charge in [-0.3, -0.25) is 0 Å². The summed E-state index contributed by atoms with van der Waals surface area (Å²) in [7, 11) is 0. The van der Waals surface area contributed by atoms with Crippen LogP contribution in [0.3, 0.4) is 0 Å². The average Bonchev–Trinajstić information content (AvgIpc) is 1.70. The van der Waals surface area contributed by atoms with E-state index in [0.29, 0.717) is 0 Å². The minimum Gasteiger partial charge on any atom is -0.335 e. The number of rotatable bonds is 4. The van der Waals surface area contributed by atoms with E-state index in [9.17, 15) is 0 Å². The van der Waals surface area contributed by atoms with Crippen molar-refractivity contribution in [1.82, 2.24) is 0 Å². The Hall–Kier alpha value is -6.78. The molecule has 83 heavy (non-hydrogen) atoms. The van der Waals surface area contributed by atoms with Gasteiger partial charge in [-0.05, 0) is 175 Å². The smallest absolute Gasteiger partial charge is 0.252 e. The molecule has 15 rings (SSSR count). The number of hydrogen-bond donors (Lipinski definition) is 0. The highest BCUT2D eigenvalue weighted by Gasteiger charge is 2.63. The van der Waals surface area contributed by atoms with E-state index in [2.05, 4.69) is 270 Å². The lowest BCUT2D eigenvalue weighted by Crippen LogP contribution is -2.65. The molecule has 0 radical (unpaired) electrons. The molecule has 0 aromatic heterocycles. The Balaban J connectivity index is 1.11. The van der Waals surface area contributed by atoms with E-state index in [4.69, 9.17) is 0 Å². The van der Waals surface area contributed by atoms with Crippen LogP contribution in [0.15, 0.2) is 152 Å². The maximum atomic E-state index is 2.99. The molecule has 0 N–H and O–H groups in total. The average molecular weight is 1090 g/mol. The van der Waals surface area contributed by atoms with Crippen molar-refractivity contribution in [3.8, 4) is 33.4 Å². The van der Waals surface area contributed by atoms with Gasteiger partial charge in [0.1, 0.15) is 0 Å². The van der Waals surface area contributed by atoms with Gasteiger partial charge in [0.25, 0.3) is 6.71 Å². The first-order valence-corrected chi connectivity index (χ1v) is 31.8. The number of anilines is 7. The summed E-state index contributed by atoms with van der Waals surface area (Å²) >= 11 is 0. The summed E-state index contributed by atoms with van der Waals surface area (Å²) in [5.74, 6) is 0. The molecular formula is C79H86BN3. The Labute approximate surface area is 497 Å². The van der Waals surface area contributed by atoms with Gasteiger partial charge in [-0.2, -0.15) is 0 Å². The van der Waals surface area contributed by atoms with E-state index < -0.39 is 0 Å². The minimum absolute atomic E-state index is 0.00115. The zero-order valence-electron chi connectivity index (χ0n) is 52.5. The first kappa shape index (κ1) is 53.0. The number of benzene rings is 8. The van der Waals surface area contributed by atoms with Gasteiger partial charge in [0.2, 0.25) is 0 Å². The van der Waals surface area contributed by atoms with Gasteiger partial charge in [-0.25, -0.2) is 0 Å². The molecule has 2 saturated carbocycles. The molecule has 420 valence electrons. The summed E-state index contributed by atoms with van der Waals surface area (Å²) in [6.45, 7) is 37.3. The van der Waals surface area contributed by atoms with Crippen molar-refractivity contribution in [2.24, 2.45) is 0 Å². The summed E-state index contributed by atoms with van der Waals surface area (Å²) in [6, 6.07) is 61.1. The Morgan fingerprint density at radius 1 is 0.386 bits per heavy atom. The highest BCUT2D eigenvalue weighted by Crippen LogP contribution is 2.66. The van der Waals surface area contributed by atoms with Crippen LogP contribution in [0.1, 0.15) is 194 Å². The molecule has 0 amide bonds. The summed E-state index contributed by atoms with van der Waals surface area (Å²) in [5.41, 5.74) is 31.0. The molecule has 2 fully saturated rings. The van der Waals surface area contributed by atoms with E-state index in [1.54, 1.807) is 5.56 Å². The number of fused-ring (bicyclic) bond motifs is 14. The van der Waals surface area contributed by atoms with Gasteiger partial charge in [0.15, 0.2) is 0 Å². The lowest BCUT2D eigenvalue weighted by molar-refractivity contribution is 0.194. The van der Waals surface area contributed by atoms with Crippen LogP contribution in [0.4, 0.5) is 39.8 Å². The van der Waals surface area contributed by atoms with Crippen LogP contribution < -0.4 is 31.1 Å². The predicted octanol–water partition coefficient (Wildman–Crippen LogP) is 19.3. The molecule has 3 aliphatic carbocycles. The highest BCUT2D eigenvalue weighted by molar-refractivity contribution is 7.00. The molecule has 8 aromatic carbocycles. The first-order valence-electron chi connectivity index (χ1n) is 31.8. The number of nitrogens with zero attached hydrogens (tertiary/aromatic N) is 3. The molecule has 4 heterocycles. The molecule has 7 aliphatic rings. The van der Waals surface area contributed by atoms with Crippen LogP contribution in [0.5, 0.6) is 0 Å². The van der Waals surface area contributed by atoms with E-state index in [0.717, 1.165) is 12.8 Å². The van der Waals surface area contributed by atoms with Gasteiger partial charge < -0.3 is 14.7 Å². The van der Waals surface area contributed by atoms with Gasteiger partial charge in [-0.15, -0.1) is 0 Å². The molecule has 4 aliphatic heterocycles. The largest absolute Gasteiger partial charge is 0.335 e. The molecule has 3 nitrogen and oxygen atoms in total. The normalized spacial score (nSPS) is 24.1.